The van der Waals surface area contributed by atoms with Crippen molar-refractivity contribution < 1.29 is 9.90 Å². The van der Waals surface area contributed by atoms with Crippen molar-refractivity contribution in [1.29, 1.82) is 0 Å². The van der Waals surface area contributed by atoms with E-state index in [1.54, 1.807) is 18.2 Å². The minimum atomic E-state index is -0.549. The van der Waals surface area contributed by atoms with E-state index in [4.69, 9.17) is 16.6 Å². The summed E-state index contributed by atoms with van der Waals surface area (Å²) in [5, 5.41) is 8.77. The Kier molecular flexibility index (Phi) is 3.51. The molecule has 1 aromatic rings. The predicted octanol–water partition coefficient (Wildman–Crippen LogP) is -0.204. The molecule has 0 saturated heterocycles. The number of nitrogens with two attached hydrogens (primary N) is 2. The summed E-state index contributed by atoms with van der Waals surface area (Å²) in [5.74, 6) is -0.549. The van der Waals surface area contributed by atoms with Crippen LogP contribution in [0.3, 0.4) is 0 Å². The number of nitrogens with zero attached hydrogens (tertiary/aromatic N) is 1. The third-order valence-corrected chi connectivity index (χ3v) is 2.18. The lowest BCUT2D eigenvalue weighted by Crippen LogP contribution is -2.22. The number of aliphatic hydroxyl groups excluding tert-OH is 1. The van der Waals surface area contributed by atoms with Crippen molar-refractivity contribution in [3.05, 3.63) is 23.8 Å². The Bertz CT molecular complexity index is 366. The van der Waals surface area contributed by atoms with E-state index in [0.717, 1.165) is 5.69 Å². The molecular weight excluding hydrogens is 194 g/mol. The Morgan fingerprint density at radius 3 is 2.73 bits per heavy atom. The lowest BCUT2D eigenvalue weighted by molar-refractivity contribution is 0.100. The van der Waals surface area contributed by atoms with Crippen molar-refractivity contribution in [2.24, 2.45) is 5.73 Å². The number of hydrogen-bond donors (Lipinski definition) is 3. The summed E-state index contributed by atoms with van der Waals surface area (Å²) in [6.45, 7) is 0.537. The van der Waals surface area contributed by atoms with Gasteiger partial charge in [0.15, 0.2) is 0 Å². The Labute approximate surface area is 88.3 Å². The third-order valence-electron chi connectivity index (χ3n) is 2.18. The molecule has 1 amide bonds. The number of nitrogen functional groups attached to an aromatic ring is 1. The molecule has 0 saturated carbocycles. The summed E-state index contributed by atoms with van der Waals surface area (Å²) in [5.41, 5.74) is 12.2. The molecule has 82 valence electrons. The summed E-state index contributed by atoms with van der Waals surface area (Å²) < 4.78 is 0. The van der Waals surface area contributed by atoms with Gasteiger partial charge in [-0.15, -0.1) is 0 Å². The number of amides is 1. The van der Waals surface area contributed by atoms with Gasteiger partial charge in [-0.2, -0.15) is 0 Å². The zero-order valence-electron chi connectivity index (χ0n) is 8.60. The highest BCUT2D eigenvalue weighted by Crippen LogP contribution is 2.19. The van der Waals surface area contributed by atoms with Crippen LogP contribution in [-0.4, -0.2) is 31.2 Å². The number of benzene rings is 1. The van der Waals surface area contributed by atoms with E-state index in [0.29, 0.717) is 17.8 Å². The van der Waals surface area contributed by atoms with Gasteiger partial charge in [0.25, 0.3) is 5.91 Å². The van der Waals surface area contributed by atoms with Crippen LogP contribution in [0.25, 0.3) is 0 Å². The summed E-state index contributed by atoms with van der Waals surface area (Å²) in [7, 11) is 1.81. The molecule has 1 rings (SSSR count). The maximum atomic E-state index is 11.0. The Balaban J connectivity index is 3.02. The van der Waals surface area contributed by atoms with Crippen molar-refractivity contribution in [3.8, 4) is 0 Å². The van der Waals surface area contributed by atoms with Crippen molar-refractivity contribution in [3.63, 3.8) is 0 Å². The van der Waals surface area contributed by atoms with Crippen LogP contribution < -0.4 is 16.4 Å². The lowest BCUT2D eigenvalue weighted by Gasteiger charge is -2.18. The first kappa shape index (κ1) is 11.3. The van der Waals surface area contributed by atoms with Crippen LogP contribution in [0.4, 0.5) is 11.4 Å². The van der Waals surface area contributed by atoms with Crippen LogP contribution in [0.5, 0.6) is 0 Å². The highest BCUT2D eigenvalue weighted by molar-refractivity contribution is 5.99. The van der Waals surface area contributed by atoms with E-state index in [1.807, 2.05) is 11.9 Å². The van der Waals surface area contributed by atoms with Gasteiger partial charge in [0.2, 0.25) is 0 Å². The molecule has 0 aliphatic carbocycles. The highest BCUT2D eigenvalue weighted by atomic mass is 16.3. The van der Waals surface area contributed by atoms with Crippen molar-refractivity contribution >= 4 is 17.3 Å². The molecule has 1 aromatic carbocycles. The molecule has 0 radical (unpaired) electrons. The zero-order chi connectivity index (χ0) is 11.4. The number of hydrogen-bond acceptors (Lipinski definition) is 4. The average Bonchev–Trinajstić information content (AvgIpc) is 2.18. The van der Waals surface area contributed by atoms with Crippen LogP contribution in [0.1, 0.15) is 10.4 Å². The quantitative estimate of drug-likeness (QED) is 0.598. The van der Waals surface area contributed by atoms with Crippen LogP contribution in [0.15, 0.2) is 18.2 Å². The van der Waals surface area contributed by atoms with Crippen LogP contribution >= 0.6 is 0 Å². The molecule has 0 atom stereocenters. The molecule has 0 aliphatic rings. The predicted molar refractivity (Wildman–Crippen MR) is 59.7 cm³/mol. The molecule has 0 fully saturated rings. The van der Waals surface area contributed by atoms with Crippen molar-refractivity contribution in [2.75, 3.05) is 30.8 Å². The molecule has 5 nitrogen and oxygen atoms in total. The van der Waals surface area contributed by atoms with Gasteiger partial charge < -0.3 is 21.5 Å². The largest absolute Gasteiger partial charge is 0.398 e. The van der Waals surface area contributed by atoms with E-state index >= 15 is 0 Å². The Morgan fingerprint density at radius 2 is 2.20 bits per heavy atom. The topological polar surface area (TPSA) is 92.6 Å². The number of likely N-dealkylation sites (N-methyl/N-ethyl adjacent to an activating group) is 1. The Morgan fingerprint density at radius 1 is 1.53 bits per heavy atom. The van der Waals surface area contributed by atoms with E-state index in [2.05, 4.69) is 0 Å². The zero-order valence-corrected chi connectivity index (χ0v) is 8.60. The van der Waals surface area contributed by atoms with Gasteiger partial charge in [0.05, 0.1) is 12.2 Å². The third kappa shape index (κ3) is 2.60. The fourth-order valence-electron chi connectivity index (χ4n) is 1.27. The first-order valence-corrected chi connectivity index (χ1v) is 4.57. The normalized spacial score (nSPS) is 10.0. The molecular formula is C10H15N3O2. The molecule has 0 unspecified atom stereocenters. The molecule has 5 N–H and O–H groups in total. The smallest absolute Gasteiger partial charge is 0.250 e. The second kappa shape index (κ2) is 4.65. The maximum absolute atomic E-state index is 11.0. The standard InChI is InChI=1S/C10H15N3O2/c1-13(4-5-14)7-2-3-9(11)8(6-7)10(12)15/h2-3,6,14H,4-5,11H2,1H3,(H2,12,15). The number of aliphatic hydroxyl groups is 1. The minimum Gasteiger partial charge on any atom is -0.398 e. The van der Waals surface area contributed by atoms with Gasteiger partial charge in [-0.1, -0.05) is 0 Å². The van der Waals surface area contributed by atoms with Crippen LogP contribution in [0.2, 0.25) is 0 Å². The molecule has 0 aliphatic heterocycles. The summed E-state index contributed by atoms with van der Waals surface area (Å²) in [6.07, 6.45) is 0. The van der Waals surface area contributed by atoms with E-state index in [1.165, 1.54) is 0 Å². The minimum absolute atomic E-state index is 0.0484. The second-order valence-electron chi connectivity index (χ2n) is 3.28. The van der Waals surface area contributed by atoms with Gasteiger partial charge in [-0.25, -0.2) is 0 Å². The van der Waals surface area contributed by atoms with Gasteiger partial charge in [0.1, 0.15) is 0 Å². The molecule has 15 heavy (non-hydrogen) atoms. The van der Waals surface area contributed by atoms with E-state index < -0.39 is 5.91 Å². The van der Waals surface area contributed by atoms with Crippen LogP contribution in [0, 0.1) is 0 Å². The summed E-state index contributed by atoms with van der Waals surface area (Å²) >= 11 is 0. The summed E-state index contributed by atoms with van der Waals surface area (Å²) in [6, 6.07) is 5.02. The Hall–Kier alpha value is -1.75. The fourth-order valence-corrected chi connectivity index (χ4v) is 1.27. The second-order valence-corrected chi connectivity index (χ2v) is 3.28. The molecule has 0 bridgehead atoms. The number of carbonyl (C=O) groups excluding carboxylic acids is 1. The highest BCUT2D eigenvalue weighted by Gasteiger charge is 2.08. The molecule has 0 aromatic heterocycles. The SMILES string of the molecule is CN(CCO)c1ccc(N)c(C(N)=O)c1. The molecule has 0 spiro atoms. The molecule has 0 heterocycles. The maximum Gasteiger partial charge on any atom is 0.250 e. The first-order chi connectivity index (χ1) is 7.06. The fraction of sp³-hybridized carbons (Fsp3) is 0.300. The van der Waals surface area contributed by atoms with Gasteiger partial charge in [0, 0.05) is 25.0 Å². The lowest BCUT2D eigenvalue weighted by atomic mass is 10.1. The first-order valence-electron chi connectivity index (χ1n) is 4.57. The average molecular weight is 209 g/mol. The van der Waals surface area contributed by atoms with Crippen molar-refractivity contribution in [1.82, 2.24) is 0 Å². The van der Waals surface area contributed by atoms with Gasteiger partial charge in [-0.05, 0) is 18.2 Å². The monoisotopic (exact) mass is 209 g/mol. The molecule has 5 heteroatoms. The van der Waals surface area contributed by atoms with Crippen LogP contribution in [-0.2, 0) is 0 Å². The number of rotatable bonds is 4. The van der Waals surface area contributed by atoms with E-state index in [-0.39, 0.29) is 6.61 Å². The van der Waals surface area contributed by atoms with Gasteiger partial charge in [-0.3, -0.25) is 4.79 Å². The number of carbonyl (C=O) groups is 1. The summed E-state index contributed by atoms with van der Waals surface area (Å²) in [4.78, 5) is 12.8. The van der Waals surface area contributed by atoms with Crippen molar-refractivity contribution in [2.45, 2.75) is 0 Å². The number of anilines is 2. The van der Waals surface area contributed by atoms with E-state index in [9.17, 15) is 4.79 Å². The number of primary amides is 1. The van der Waals surface area contributed by atoms with Gasteiger partial charge >= 0.3 is 0 Å².